The molecule has 2 aromatic heterocycles. The summed E-state index contributed by atoms with van der Waals surface area (Å²) in [4.78, 5) is 32.4. The number of ether oxygens (including phenoxy) is 1. The lowest BCUT2D eigenvalue weighted by molar-refractivity contribution is 0.0576. The van der Waals surface area contributed by atoms with Gasteiger partial charge in [0.15, 0.2) is 5.82 Å². The lowest BCUT2D eigenvalue weighted by Gasteiger charge is -2.28. The van der Waals surface area contributed by atoms with Gasteiger partial charge in [0.05, 0.1) is 40.3 Å². The maximum atomic E-state index is 14.7. The van der Waals surface area contributed by atoms with Crippen LogP contribution in [0.5, 0.6) is 5.75 Å². The van der Waals surface area contributed by atoms with Crippen LogP contribution in [0.1, 0.15) is 56.9 Å². The van der Waals surface area contributed by atoms with Gasteiger partial charge in [0.1, 0.15) is 23.7 Å². The van der Waals surface area contributed by atoms with Gasteiger partial charge in [-0.25, -0.2) is 18.4 Å². The second-order valence-corrected chi connectivity index (χ2v) is 10.1. The van der Waals surface area contributed by atoms with E-state index < -0.39 is 29.5 Å². The minimum absolute atomic E-state index is 0.0887. The van der Waals surface area contributed by atoms with Gasteiger partial charge in [0.25, 0.3) is 11.8 Å². The lowest BCUT2D eigenvalue weighted by atomic mass is 9.97. The average molecular weight is 573 g/mol. The third-order valence-electron chi connectivity index (χ3n) is 7.16. The molecule has 206 valence electrons. The van der Waals surface area contributed by atoms with Crippen molar-refractivity contribution in [1.29, 1.82) is 0 Å². The fraction of sp³-hybridized carbons (Fsp3) is 0.161. The predicted molar refractivity (Wildman–Crippen MR) is 149 cm³/mol. The molecule has 2 amide bonds. The van der Waals surface area contributed by atoms with Crippen LogP contribution in [0, 0.1) is 18.6 Å². The Kier molecular flexibility index (Phi) is 6.75. The number of aromatic nitrogens is 3. The first-order valence-corrected chi connectivity index (χ1v) is 13.3. The molecule has 0 aliphatic carbocycles. The van der Waals surface area contributed by atoms with Crippen LogP contribution >= 0.6 is 11.6 Å². The van der Waals surface area contributed by atoms with Gasteiger partial charge in [-0.15, -0.1) is 0 Å². The first kappa shape index (κ1) is 26.6. The lowest BCUT2D eigenvalue weighted by Crippen LogP contribution is -2.34. The fourth-order valence-electron chi connectivity index (χ4n) is 5.32. The summed E-state index contributed by atoms with van der Waals surface area (Å²) in [5, 5.41) is 4.87. The van der Waals surface area contributed by atoms with Gasteiger partial charge in [-0.05, 0) is 55.3 Å². The van der Waals surface area contributed by atoms with Crippen LogP contribution in [-0.4, -0.2) is 31.5 Å². The quantitative estimate of drug-likeness (QED) is 0.197. The molecule has 0 spiro atoms. The van der Waals surface area contributed by atoms with E-state index in [2.05, 4.69) is 10.1 Å². The Balaban J connectivity index is 1.39. The van der Waals surface area contributed by atoms with Crippen LogP contribution in [0.4, 0.5) is 8.78 Å². The number of hydrogen-bond acceptors (Lipinski definition) is 5. The first-order valence-electron chi connectivity index (χ1n) is 12.9. The van der Waals surface area contributed by atoms with Crippen LogP contribution < -0.4 is 4.74 Å². The number of hydrogen-bond donors (Lipinski definition) is 0. The Morgan fingerprint density at radius 3 is 2.37 bits per heavy atom. The van der Waals surface area contributed by atoms with Crippen molar-refractivity contribution in [2.45, 2.75) is 32.9 Å². The van der Waals surface area contributed by atoms with E-state index in [4.69, 9.17) is 16.3 Å². The number of amides is 2. The molecule has 41 heavy (non-hydrogen) atoms. The number of aryl methyl sites for hydroxylation is 1. The Labute approximate surface area is 238 Å². The summed E-state index contributed by atoms with van der Waals surface area (Å²) in [5.74, 6) is -1.54. The largest absolute Gasteiger partial charge is 0.487 e. The molecule has 0 N–H and O–H groups in total. The van der Waals surface area contributed by atoms with Gasteiger partial charge in [-0.2, -0.15) is 5.10 Å². The molecule has 1 aliphatic heterocycles. The van der Waals surface area contributed by atoms with Crippen molar-refractivity contribution in [2.24, 2.45) is 0 Å². The summed E-state index contributed by atoms with van der Waals surface area (Å²) >= 11 is 6.55. The normalized spacial score (nSPS) is 13.6. The third-order valence-corrected chi connectivity index (χ3v) is 7.49. The van der Waals surface area contributed by atoms with Crippen molar-refractivity contribution in [3.63, 3.8) is 0 Å². The molecule has 3 aromatic carbocycles. The van der Waals surface area contributed by atoms with E-state index in [1.54, 1.807) is 42.5 Å². The number of nitrogens with zero attached hydrogens (tertiary/aromatic N) is 4. The number of para-hydroxylation sites is 1. The van der Waals surface area contributed by atoms with E-state index in [0.29, 0.717) is 56.7 Å². The average Bonchev–Trinajstić information content (AvgIpc) is 3.49. The van der Waals surface area contributed by atoms with Gasteiger partial charge < -0.3 is 4.74 Å². The van der Waals surface area contributed by atoms with Crippen molar-refractivity contribution in [1.82, 2.24) is 19.7 Å². The van der Waals surface area contributed by atoms with Crippen molar-refractivity contribution in [2.75, 3.05) is 0 Å². The van der Waals surface area contributed by atoms with Crippen molar-refractivity contribution < 1.29 is 23.1 Å². The molecule has 5 aromatic rings. The maximum Gasteiger partial charge on any atom is 0.262 e. The second kappa shape index (κ2) is 10.4. The first-order chi connectivity index (χ1) is 19.8. The fourth-order valence-corrected chi connectivity index (χ4v) is 5.59. The summed E-state index contributed by atoms with van der Waals surface area (Å²) in [6, 6.07) is 15.4. The maximum absolute atomic E-state index is 14.7. The summed E-state index contributed by atoms with van der Waals surface area (Å²) in [5.41, 5.74) is 3.24. The van der Waals surface area contributed by atoms with Crippen molar-refractivity contribution >= 4 is 34.3 Å². The predicted octanol–water partition coefficient (Wildman–Crippen LogP) is 6.99. The van der Waals surface area contributed by atoms with Crippen molar-refractivity contribution in [3.05, 3.63) is 118 Å². The minimum Gasteiger partial charge on any atom is -0.487 e. The molecule has 0 saturated carbocycles. The standard InChI is InChI=1S/C31H23ClF2N4O3/c1-3-26(38-30(39)20-7-4-5-8-21(20)31(38)40)23-12-18(33)13-25(32)24(23)16-41-28-10-6-9-22-27(11-17(2)36-29(22)28)37-15-19(34)14-35-37/h4-15,26H,3,16H2,1-2H3/t26-/m0/s1. The minimum atomic E-state index is -0.775. The Bertz CT molecular complexity index is 1820. The highest BCUT2D eigenvalue weighted by molar-refractivity contribution is 6.31. The number of carbonyl (C=O) groups excluding carboxylic acids is 2. The zero-order chi connectivity index (χ0) is 28.8. The number of imide groups is 1. The van der Waals surface area contributed by atoms with E-state index >= 15 is 0 Å². The number of rotatable bonds is 7. The molecule has 1 aliphatic rings. The summed E-state index contributed by atoms with van der Waals surface area (Å²) in [7, 11) is 0. The zero-order valence-electron chi connectivity index (χ0n) is 22.1. The molecule has 0 unspecified atom stereocenters. The molecule has 0 radical (unpaired) electrons. The molecule has 6 rings (SSSR count). The third kappa shape index (κ3) is 4.62. The van der Waals surface area contributed by atoms with Crippen LogP contribution in [0.25, 0.3) is 16.6 Å². The van der Waals surface area contributed by atoms with Crippen molar-refractivity contribution in [3.8, 4) is 11.4 Å². The molecule has 0 fully saturated rings. The molecule has 10 heteroatoms. The Morgan fingerprint density at radius 1 is 0.976 bits per heavy atom. The zero-order valence-corrected chi connectivity index (χ0v) is 22.8. The highest BCUT2D eigenvalue weighted by Crippen LogP contribution is 2.38. The van der Waals surface area contributed by atoms with E-state index in [1.807, 2.05) is 19.9 Å². The van der Waals surface area contributed by atoms with E-state index in [9.17, 15) is 18.4 Å². The smallest absolute Gasteiger partial charge is 0.262 e. The number of fused-ring (bicyclic) bond motifs is 2. The van der Waals surface area contributed by atoms with Gasteiger partial charge in [0.2, 0.25) is 0 Å². The highest BCUT2D eigenvalue weighted by Gasteiger charge is 2.40. The van der Waals surface area contributed by atoms with E-state index in [1.165, 1.54) is 23.0 Å². The molecule has 1 atom stereocenters. The van der Waals surface area contributed by atoms with Crippen LogP contribution in [0.15, 0.2) is 73.1 Å². The highest BCUT2D eigenvalue weighted by atomic mass is 35.5. The van der Waals surface area contributed by atoms with E-state index in [-0.39, 0.29) is 11.6 Å². The number of pyridine rings is 1. The Morgan fingerprint density at radius 2 is 1.71 bits per heavy atom. The summed E-state index contributed by atoms with van der Waals surface area (Å²) in [6.07, 6.45) is 2.73. The molecular weight excluding hydrogens is 550 g/mol. The second-order valence-electron chi connectivity index (χ2n) is 9.73. The molecule has 7 nitrogen and oxygen atoms in total. The molecular formula is C31H23ClF2N4O3. The molecule has 0 bridgehead atoms. The summed E-state index contributed by atoms with van der Waals surface area (Å²) < 4.78 is 36.1. The number of carbonyl (C=O) groups is 2. The van der Waals surface area contributed by atoms with E-state index in [0.717, 1.165) is 11.1 Å². The van der Waals surface area contributed by atoms with Gasteiger partial charge >= 0.3 is 0 Å². The van der Waals surface area contributed by atoms with Gasteiger partial charge in [0, 0.05) is 16.6 Å². The monoisotopic (exact) mass is 572 g/mol. The number of benzene rings is 3. The molecule has 3 heterocycles. The summed E-state index contributed by atoms with van der Waals surface area (Å²) in [6.45, 7) is 3.53. The molecule has 0 saturated heterocycles. The Hall–Kier alpha value is -4.63. The number of halogens is 3. The van der Waals surface area contributed by atoms with Gasteiger partial charge in [-0.3, -0.25) is 14.5 Å². The van der Waals surface area contributed by atoms with Gasteiger partial charge in [-0.1, -0.05) is 42.8 Å². The van der Waals surface area contributed by atoms with Crippen LogP contribution in [0.3, 0.4) is 0 Å². The SMILES string of the molecule is CC[C@@H](c1cc(F)cc(Cl)c1COc1cccc2c(-n3cc(F)cn3)cc(C)nc12)N1C(=O)c2ccccc2C1=O. The van der Waals surface area contributed by atoms with Crippen LogP contribution in [0.2, 0.25) is 5.02 Å². The topological polar surface area (TPSA) is 77.3 Å². The van der Waals surface area contributed by atoms with Crippen LogP contribution in [-0.2, 0) is 6.61 Å².